The minimum atomic E-state index is 0.370. The first-order chi connectivity index (χ1) is 9.80. The molecule has 3 rings (SSSR count). The third-order valence-electron chi connectivity index (χ3n) is 5.22. The molecule has 1 N–H and O–H groups in total. The van der Waals surface area contributed by atoms with Crippen LogP contribution in [0.2, 0.25) is 0 Å². The lowest BCUT2D eigenvalue weighted by Crippen LogP contribution is -2.54. The Morgan fingerprint density at radius 1 is 1.15 bits per heavy atom. The quantitative estimate of drug-likeness (QED) is 0.791. The van der Waals surface area contributed by atoms with Gasteiger partial charge in [-0.3, -0.25) is 0 Å². The van der Waals surface area contributed by atoms with E-state index in [1.54, 1.807) is 0 Å². The monoisotopic (exact) mass is 281 g/mol. The zero-order valence-electron chi connectivity index (χ0n) is 13.1. The van der Waals surface area contributed by atoms with Crippen LogP contribution in [-0.4, -0.2) is 74.9 Å². The summed E-state index contributed by atoms with van der Waals surface area (Å²) in [6, 6.07) is 0.811. The lowest BCUT2D eigenvalue weighted by atomic mass is 9.81. The summed E-state index contributed by atoms with van der Waals surface area (Å²) in [5.41, 5.74) is 0.370. The van der Waals surface area contributed by atoms with Crippen molar-refractivity contribution >= 4 is 0 Å². The number of rotatable bonds is 6. The maximum atomic E-state index is 5.84. The predicted molar refractivity (Wildman–Crippen MR) is 82.1 cm³/mol. The molecule has 0 aromatic carbocycles. The van der Waals surface area contributed by atoms with Crippen molar-refractivity contribution < 1.29 is 4.74 Å². The third-order valence-corrected chi connectivity index (χ3v) is 5.22. The van der Waals surface area contributed by atoms with Gasteiger partial charge in [0.05, 0.1) is 6.61 Å². The van der Waals surface area contributed by atoms with Crippen molar-refractivity contribution in [1.29, 1.82) is 0 Å². The number of nitrogens with one attached hydrogen (secondary N) is 1. The Labute approximate surface area is 123 Å². The van der Waals surface area contributed by atoms with Gasteiger partial charge in [0.1, 0.15) is 0 Å². The zero-order valence-corrected chi connectivity index (χ0v) is 13.1. The third kappa shape index (κ3) is 3.94. The highest BCUT2D eigenvalue weighted by atomic mass is 16.5. The second kappa shape index (κ2) is 6.73. The molecule has 0 amide bonds. The molecule has 1 saturated carbocycles. The number of likely N-dealkylation sites (N-methyl/N-ethyl adjacent to an activating group) is 1. The van der Waals surface area contributed by atoms with E-state index in [1.165, 1.54) is 65.0 Å². The van der Waals surface area contributed by atoms with E-state index in [0.29, 0.717) is 5.41 Å². The molecule has 1 aliphatic carbocycles. The van der Waals surface area contributed by atoms with Crippen LogP contribution in [0, 0.1) is 5.41 Å². The van der Waals surface area contributed by atoms with Crippen molar-refractivity contribution in [3.63, 3.8) is 0 Å². The van der Waals surface area contributed by atoms with E-state index in [-0.39, 0.29) is 0 Å². The molecule has 3 aliphatic rings. The van der Waals surface area contributed by atoms with Gasteiger partial charge in [-0.15, -0.1) is 0 Å². The number of hydrogen-bond donors (Lipinski definition) is 1. The minimum absolute atomic E-state index is 0.370. The molecule has 1 atom stereocenters. The van der Waals surface area contributed by atoms with E-state index in [9.17, 15) is 0 Å². The van der Waals surface area contributed by atoms with Gasteiger partial charge in [-0.25, -0.2) is 0 Å². The summed E-state index contributed by atoms with van der Waals surface area (Å²) >= 11 is 0. The molecule has 2 saturated heterocycles. The van der Waals surface area contributed by atoms with Crippen molar-refractivity contribution in [2.75, 3.05) is 59.0 Å². The Hall–Kier alpha value is -0.160. The van der Waals surface area contributed by atoms with Gasteiger partial charge in [0.15, 0.2) is 0 Å². The molecule has 0 bridgehead atoms. The standard InChI is InChI=1S/C16H31N3O/c1-2-18-7-9-19(10-8-18)13-16(6-3-11-20-14-16)12-17-15-4-5-15/h15,17H,2-14H2,1H3. The summed E-state index contributed by atoms with van der Waals surface area (Å²) in [6.07, 6.45) is 5.33. The predicted octanol–water partition coefficient (Wildman–Crippen LogP) is 1.17. The summed E-state index contributed by atoms with van der Waals surface area (Å²) in [5.74, 6) is 0. The highest BCUT2D eigenvalue weighted by molar-refractivity contribution is 4.92. The summed E-state index contributed by atoms with van der Waals surface area (Å²) in [7, 11) is 0. The SMILES string of the molecule is CCN1CCN(CC2(CNC3CC3)CCCOC2)CC1. The lowest BCUT2D eigenvalue weighted by Gasteiger charge is -2.43. The molecule has 2 aliphatic heterocycles. The van der Waals surface area contributed by atoms with Gasteiger partial charge in [0.25, 0.3) is 0 Å². The van der Waals surface area contributed by atoms with Gasteiger partial charge in [0.2, 0.25) is 0 Å². The average molecular weight is 281 g/mol. The molecule has 4 nitrogen and oxygen atoms in total. The summed E-state index contributed by atoms with van der Waals surface area (Å²) < 4.78 is 5.84. The maximum absolute atomic E-state index is 5.84. The van der Waals surface area contributed by atoms with Crippen molar-refractivity contribution in [3.8, 4) is 0 Å². The van der Waals surface area contributed by atoms with Crippen LogP contribution in [0.3, 0.4) is 0 Å². The van der Waals surface area contributed by atoms with E-state index in [4.69, 9.17) is 4.74 Å². The molecule has 3 fully saturated rings. The van der Waals surface area contributed by atoms with Crippen molar-refractivity contribution in [3.05, 3.63) is 0 Å². The van der Waals surface area contributed by atoms with E-state index in [2.05, 4.69) is 22.0 Å². The Morgan fingerprint density at radius 3 is 2.50 bits per heavy atom. The number of piperazine rings is 1. The second-order valence-corrected chi connectivity index (χ2v) is 7.02. The molecular weight excluding hydrogens is 250 g/mol. The largest absolute Gasteiger partial charge is 0.381 e. The molecule has 0 aromatic rings. The topological polar surface area (TPSA) is 27.7 Å². The van der Waals surface area contributed by atoms with Gasteiger partial charge in [-0.2, -0.15) is 0 Å². The number of ether oxygens (including phenoxy) is 1. The Kier molecular flexibility index (Phi) is 4.97. The van der Waals surface area contributed by atoms with Gasteiger partial charge >= 0.3 is 0 Å². The normalized spacial score (nSPS) is 33.5. The first-order valence-corrected chi connectivity index (χ1v) is 8.55. The second-order valence-electron chi connectivity index (χ2n) is 7.02. The number of nitrogens with zero attached hydrogens (tertiary/aromatic N) is 2. The van der Waals surface area contributed by atoms with Crippen LogP contribution in [0.15, 0.2) is 0 Å². The maximum Gasteiger partial charge on any atom is 0.0546 e. The average Bonchev–Trinajstić information content (AvgIpc) is 3.31. The fraction of sp³-hybridized carbons (Fsp3) is 1.00. The van der Waals surface area contributed by atoms with Gasteiger partial charge < -0.3 is 19.9 Å². The van der Waals surface area contributed by atoms with E-state index < -0.39 is 0 Å². The Balaban J connectivity index is 1.52. The highest BCUT2D eigenvalue weighted by Crippen LogP contribution is 2.31. The smallest absolute Gasteiger partial charge is 0.0546 e. The first kappa shape index (κ1) is 14.8. The van der Waals surface area contributed by atoms with Crippen LogP contribution in [0.5, 0.6) is 0 Å². The van der Waals surface area contributed by atoms with Crippen LogP contribution in [0.4, 0.5) is 0 Å². The minimum Gasteiger partial charge on any atom is -0.381 e. The van der Waals surface area contributed by atoms with Gasteiger partial charge in [0, 0.05) is 57.3 Å². The summed E-state index contributed by atoms with van der Waals surface area (Å²) in [5, 5.41) is 3.76. The summed E-state index contributed by atoms with van der Waals surface area (Å²) in [6.45, 7) is 12.7. The fourth-order valence-electron chi connectivity index (χ4n) is 3.62. The first-order valence-electron chi connectivity index (χ1n) is 8.55. The van der Waals surface area contributed by atoms with Crippen molar-refractivity contribution in [2.45, 2.75) is 38.6 Å². The van der Waals surface area contributed by atoms with Crippen LogP contribution in [0.25, 0.3) is 0 Å². The van der Waals surface area contributed by atoms with Crippen LogP contribution < -0.4 is 5.32 Å². The fourth-order valence-corrected chi connectivity index (χ4v) is 3.62. The molecule has 1 unspecified atom stereocenters. The molecule has 2 heterocycles. The van der Waals surface area contributed by atoms with E-state index in [0.717, 1.165) is 25.8 Å². The lowest BCUT2D eigenvalue weighted by molar-refractivity contribution is -0.0327. The van der Waals surface area contributed by atoms with Crippen LogP contribution in [0.1, 0.15) is 32.6 Å². The highest BCUT2D eigenvalue weighted by Gasteiger charge is 2.37. The zero-order chi connectivity index (χ0) is 13.8. The summed E-state index contributed by atoms with van der Waals surface area (Å²) in [4.78, 5) is 5.23. The van der Waals surface area contributed by atoms with E-state index in [1.807, 2.05) is 0 Å². The molecule has 0 radical (unpaired) electrons. The van der Waals surface area contributed by atoms with Crippen molar-refractivity contribution in [2.24, 2.45) is 5.41 Å². The Morgan fingerprint density at radius 2 is 1.90 bits per heavy atom. The van der Waals surface area contributed by atoms with Crippen LogP contribution >= 0.6 is 0 Å². The molecule has 20 heavy (non-hydrogen) atoms. The van der Waals surface area contributed by atoms with Crippen LogP contribution in [-0.2, 0) is 4.74 Å². The molecule has 4 heteroatoms. The molecule has 0 spiro atoms. The molecule has 0 aromatic heterocycles. The molecule has 116 valence electrons. The Bertz CT molecular complexity index is 292. The van der Waals surface area contributed by atoms with Gasteiger partial charge in [-0.1, -0.05) is 6.92 Å². The van der Waals surface area contributed by atoms with Gasteiger partial charge in [-0.05, 0) is 32.2 Å². The number of hydrogen-bond acceptors (Lipinski definition) is 4. The molecular formula is C16H31N3O. The van der Waals surface area contributed by atoms with E-state index >= 15 is 0 Å². The van der Waals surface area contributed by atoms with Crippen molar-refractivity contribution in [1.82, 2.24) is 15.1 Å².